The lowest BCUT2D eigenvalue weighted by Crippen LogP contribution is -3.59. The topological polar surface area (TPSA) is 0 Å². The highest BCUT2D eigenvalue weighted by Gasteiger charge is 2.09. The van der Waals surface area contributed by atoms with Crippen LogP contribution in [0.5, 0.6) is 0 Å². The molecule has 0 heterocycles. The first-order chi connectivity index (χ1) is 9.72. The van der Waals surface area contributed by atoms with Crippen LogP contribution in [0.25, 0.3) is 0 Å². The average Bonchev–Trinajstić information content (AvgIpc) is 2.49. The molecule has 112 valence electrons. The zero-order valence-corrected chi connectivity index (χ0v) is 15.0. The van der Waals surface area contributed by atoms with Crippen molar-refractivity contribution in [2.24, 2.45) is 0 Å². The van der Waals surface area contributed by atoms with E-state index >= 15 is 0 Å². The molecular formula is C17H24ClFI+. The third-order valence-corrected chi connectivity index (χ3v) is 6.11. The van der Waals surface area contributed by atoms with Crippen LogP contribution >= 0.6 is 11.6 Å². The number of benzene rings is 1. The van der Waals surface area contributed by atoms with Gasteiger partial charge in [-0.05, 0) is 31.4 Å². The molecule has 0 saturated heterocycles. The Bertz CT molecular complexity index is 378. The number of alkyl halides is 1. The van der Waals surface area contributed by atoms with E-state index in [1.165, 1.54) is 16.4 Å². The van der Waals surface area contributed by atoms with Gasteiger partial charge in [-0.15, -0.1) is 11.6 Å². The molecule has 1 aromatic carbocycles. The van der Waals surface area contributed by atoms with Crippen LogP contribution in [0.2, 0.25) is 0 Å². The van der Waals surface area contributed by atoms with Crippen LogP contribution in [0.4, 0.5) is 4.39 Å². The number of hydrogen-bond donors (Lipinski definition) is 0. The van der Waals surface area contributed by atoms with Gasteiger partial charge in [0.15, 0.2) is 7.65 Å². The Labute approximate surface area is 138 Å². The molecule has 0 aliphatic rings. The van der Waals surface area contributed by atoms with Crippen molar-refractivity contribution in [1.82, 2.24) is 0 Å². The summed E-state index contributed by atoms with van der Waals surface area (Å²) in [5.74, 6) is 0.0745. The van der Waals surface area contributed by atoms with Crippen LogP contribution in [-0.4, -0.2) is 5.38 Å². The Hall–Kier alpha value is -0.0900. The van der Waals surface area contributed by atoms with Crippen molar-refractivity contribution in [3.05, 3.63) is 43.8 Å². The minimum atomic E-state index is -0.309. The Balaban J connectivity index is 2.06. The van der Waals surface area contributed by atoms with Gasteiger partial charge >= 0.3 is 21.2 Å². The summed E-state index contributed by atoms with van der Waals surface area (Å²) in [6.07, 6.45) is 7.15. The fourth-order valence-electron chi connectivity index (χ4n) is 1.88. The summed E-state index contributed by atoms with van der Waals surface area (Å²) in [5, 5.41) is 0.322. The maximum absolute atomic E-state index is 13.6. The van der Waals surface area contributed by atoms with Crippen molar-refractivity contribution in [3.8, 4) is 0 Å². The Morgan fingerprint density at radius 1 is 1.20 bits per heavy atom. The Kier molecular flexibility index (Phi) is 10.4. The molecule has 0 N–H and O–H groups in total. The Morgan fingerprint density at radius 2 is 1.90 bits per heavy atom. The monoisotopic (exact) mass is 409 g/mol. The molecule has 0 nitrogen and oxygen atoms in total. The van der Waals surface area contributed by atoms with Crippen molar-refractivity contribution in [2.75, 3.05) is 0 Å². The quantitative estimate of drug-likeness (QED) is 0.316. The van der Waals surface area contributed by atoms with Gasteiger partial charge in [-0.2, -0.15) is 0 Å². The molecule has 0 aromatic heterocycles. The lowest BCUT2D eigenvalue weighted by molar-refractivity contribution is -0.558. The highest BCUT2D eigenvalue weighted by atomic mass is 127. The molecule has 0 saturated carbocycles. The molecule has 1 atom stereocenters. The summed E-state index contributed by atoms with van der Waals surface area (Å²) in [7, 11) is 0. The highest BCUT2D eigenvalue weighted by Crippen LogP contribution is 2.14. The molecule has 0 amide bonds. The summed E-state index contributed by atoms with van der Waals surface area (Å²) in [5.41, 5.74) is 0. The van der Waals surface area contributed by atoms with Crippen LogP contribution in [0.15, 0.2) is 40.2 Å². The maximum Gasteiger partial charge on any atom is 0.352 e. The number of allylic oxidation sites excluding steroid dienone is 1. The fraction of sp³-hybridized carbons (Fsp3) is 0.529. The average molecular weight is 410 g/mol. The zero-order chi connectivity index (χ0) is 14.6. The van der Waals surface area contributed by atoms with Gasteiger partial charge in [0, 0.05) is 11.8 Å². The van der Waals surface area contributed by atoms with Gasteiger partial charge in [-0.1, -0.05) is 44.4 Å². The van der Waals surface area contributed by atoms with Crippen LogP contribution in [0, 0.1) is 3.57 Å². The van der Waals surface area contributed by atoms with Crippen LogP contribution in [0.3, 0.4) is 0 Å². The molecular weight excluding hydrogens is 386 g/mol. The zero-order valence-electron chi connectivity index (χ0n) is 12.1. The van der Waals surface area contributed by atoms with Crippen LogP contribution < -0.4 is 21.2 Å². The number of unbranched alkanes of at least 4 members (excludes halogenated alkanes) is 3. The normalized spacial score (nSPS) is 13.4. The standard InChI is InChI=1S/C17H24ClFI/c1-2-15(18)10-6-3-4-7-11-16(19)14-20-17-12-8-5-9-13-17/h5,8-9,12-15H,2-4,6-7,10-11H2,1H3/q+1/b16-14-. The van der Waals surface area contributed by atoms with Gasteiger partial charge in [-0.3, -0.25) is 0 Å². The largest absolute Gasteiger partial charge is 0.352 e. The second-order valence-corrected chi connectivity index (χ2v) is 8.03. The molecule has 0 spiro atoms. The highest BCUT2D eigenvalue weighted by molar-refractivity contribution is 6.20. The molecule has 1 aromatic rings. The third-order valence-electron chi connectivity index (χ3n) is 3.16. The molecule has 0 fully saturated rings. The van der Waals surface area contributed by atoms with E-state index < -0.39 is 0 Å². The maximum atomic E-state index is 13.6. The first kappa shape index (κ1) is 18.0. The van der Waals surface area contributed by atoms with E-state index in [2.05, 4.69) is 19.1 Å². The molecule has 0 radical (unpaired) electrons. The predicted octanol–water partition coefficient (Wildman–Crippen LogP) is 3.11. The predicted molar refractivity (Wildman–Crippen MR) is 82.0 cm³/mol. The number of rotatable bonds is 10. The smallest absolute Gasteiger partial charge is 0.208 e. The van der Waals surface area contributed by atoms with Crippen molar-refractivity contribution < 1.29 is 25.6 Å². The molecule has 0 bridgehead atoms. The van der Waals surface area contributed by atoms with E-state index in [1.54, 1.807) is 0 Å². The summed E-state index contributed by atoms with van der Waals surface area (Å²) >= 11 is 5.75. The molecule has 1 unspecified atom stereocenters. The summed E-state index contributed by atoms with van der Waals surface area (Å²) < 4.78 is 16.7. The summed E-state index contributed by atoms with van der Waals surface area (Å²) in [6, 6.07) is 10.2. The second kappa shape index (κ2) is 11.6. The molecule has 20 heavy (non-hydrogen) atoms. The lowest BCUT2D eigenvalue weighted by atomic mass is 10.1. The van der Waals surface area contributed by atoms with E-state index in [-0.39, 0.29) is 27.0 Å². The van der Waals surface area contributed by atoms with Gasteiger partial charge in [0.2, 0.25) is 0 Å². The lowest BCUT2D eigenvalue weighted by Gasteiger charge is -2.05. The molecule has 1 rings (SSSR count). The minimum Gasteiger partial charge on any atom is -0.208 e. The number of halogens is 3. The van der Waals surface area contributed by atoms with Gasteiger partial charge in [0.25, 0.3) is 0 Å². The van der Waals surface area contributed by atoms with Crippen LogP contribution in [-0.2, 0) is 0 Å². The molecule has 3 heteroatoms. The van der Waals surface area contributed by atoms with Gasteiger partial charge in [-0.25, -0.2) is 4.39 Å². The van der Waals surface area contributed by atoms with Gasteiger partial charge in [0.1, 0.15) is 5.83 Å². The molecule has 0 aliphatic heterocycles. The van der Waals surface area contributed by atoms with Gasteiger partial charge in [0.05, 0.1) is 0 Å². The summed E-state index contributed by atoms with van der Waals surface area (Å²) in [4.78, 5) is 0. The van der Waals surface area contributed by atoms with Crippen molar-refractivity contribution >= 4 is 11.6 Å². The van der Waals surface area contributed by atoms with E-state index in [9.17, 15) is 4.39 Å². The van der Waals surface area contributed by atoms with Gasteiger partial charge < -0.3 is 0 Å². The Morgan fingerprint density at radius 3 is 2.60 bits per heavy atom. The van der Waals surface area contributed by atoms with Crippen LogP contribution in [0.1, 0.15) is 51.9 Å². The molecule has 0 aliphatic carbocycles. The van der Waals surface area contributed by atoms with Crippen molar-refractivity contribution in [3.63, 3.8) is 0 Å². The fourth-order valence-corrected chi connectivity index (χ4v) is 3.88. The minimum absolute atomic E-state index is 0.0745. The van der Waals surface area contributed by atoms with E-state index in [1.807, 2.05) is 22.3 Å². The van der Waals surface area contributed by atoms with E-state index in [4.69, 9.17) is 11.6 Å². The third kappa shape index (κ3) is 8.96. The first-order valence-corrected chi connectivity index (χ1v) is 10.2. The first-order valence-electron chi connectivity index (χ1n) is 7.39. The van der Waals surface area contributed by atoms with Crippen molar-refractivity contribution in [2.45, 2.75) is 57.2 Å². The van der Waals surface area contributed by atoms with E-state index in [0.717, 1.165) is 25.7 Å². The SMILES string of the molecule is CCC(Cl)CCCCCC/C(F)=C/[I+]c1ccccc1. The number of hydrogen-bond acceptors (Lipinski definition) is 0. The van der Waals surface area contributed by atoms with E-state index in [0.29, 0.717) is 11.8 Å². The summed E-state index contributed by atoms with van der Waals surface area (Å²) in [6.45, 7) is 2.12. The second-order valence-electron chi connectivity index (χ2n) is 4.92. The van der Waals surface area contributed by atoms with Crippen molar-refractivity contribution in [1.29, 1.82) is 0 Å².